The van der Waals surface area contributed by atoms with E-state index >= 15 is 0 Å². The molecule has 1 aromatic carbocycles. The summed E-state index contributed by atoms with van der Waals surface area (Å²) < 4.78 is 0. The number of thiophene rings is 1. The highest BCUT2D eigenvalue weighted by atomic mass is 32.1. The van der Waals surface area contributed by atoms with Crippen molar-refractivity contribution in [2.75, 3.05) is 26.2 Å². The number of hydrogen-bond acceptors (Lipinski definition) is 4. The fraction of sp³-hybridized carbons (Fsp3) is 0.538. The maximum atomic E-state index is 13.7. The van der Waals surface area contributed by atoms with Crippen molar-refractivity contribution in [1.82, 2.24) is 15.1 Å². The Morgan fingerprint density at radius 2 is 1.88 bits per heavy atom. The minimum absolute atomic E-state index is 0.0332. The summed E-state index contributed by atoms with van der Waals surface area (Å²) in [6.45, 7) is 8.03. The Hall–Kier alpha value is -2.18. The van der Waals surface area contributed by atoms with Crippen LogP contribution in [0.4, 0.5) is 0 Å². The molecule has 0 radical (unpaired) electrons. The molecule has 1 fully saturated rings. The normalized spacial score (nSPS) is 21.2. The molecule has 0 spiro atoms. The van der Waals surface area contributed by atoms with E-state index in [2.05, 4.69) is 35.0 Å². The quantitative estimate of drug-likeness (QED) is 0.554. The summed E-state index contributed by atoms with van der Waals surface area (Å²) in [6, 6.07) is 11.8. The van der Waals surface area contributed by atoms with Crippen LogP contribution in [0.2, 0.25) is 0 Å². The van der Waals surface area contributed by atoms with Gasteiger partial charge in [-0.2, -0.15) is 0 Å². The molecule has 1 saturated carbocycles. The Kier molecular flexibility index (Phi) is 7.63. The van der Waals surface area contributed by atoms with E-state index in [4.69, 9.17) is 0 Å². The van der Waals surface area contributed by atoms with Crippen molar-refractivity contribution in [3.05, 3.63) is 57.8 Å². The van der Waals surface area contributed by atoms with Gasteiger partial charge in [-0.05, 0) is 62.0 Å². The van der Waals surface area contributed by atoms with Crippen LogP contribution >= 0.6 is 11.3 Å². The highest BCUT2D eigenvalue weighted by Crippen LogP contribution is 2.47. The number of nitrogens with zero attached hydrogens (tertiary/aromatic N) is 2. The van der Waals surface area contributed by atoms with Gasteiger partial charge in [0, 0.05) is 23.0 Å². The molecule has 0 saturated heterocycles. The van der Waals surface area contributed by atoms with Crippen molar-refractivity contribution in [1.29, 1.82) is 0 Å². The minimum atomic E-state index is -0.378. The van der Waals surface area contributed by atoms with E-state index in [1.807, 2.05) is 35.7 Å². The lowest BCUT2D eigenvalue weighted by Gasteiger charge is -2.44. The number of carbonyl (C=O) groups is 2. The van der Waals surface area contributed by atoms with Gasteiger partial charge in [0.1, 0.15) is 0 Å². The lowest BCUT2D eigenvalue weighted by molar-refractivity contribution is -0.124. The maximum absolute atomic E-state index is 13.7. The number of carbonyl (C=O) groups excluding carboxylic acids is 2. The van der Waals surface area contributed by atoms with E-state index < -0.39 is 0 Å². The molecule has 0 bridgehead atoms. The molecule has 1 aliphatic carbocycles. The summed E-state index contributed by atoms with van der Waals surface area (Å²) in [5.41, 5.74) is 1.56. The second kappa shape index (κ2) is 10.6. The molecule has 2 aromatic rings. The highest BCUT2D eigenvalue weighted by Gasteiger charge is 2.47. The van der Waals surface area contributed by atoms with Gasteiger partial charge >= 0.3 is 0 Å². The topological polar surface area (TPSA) is 52.7 Å². The Morgan fingerprint density at radius 1 is 1.12 bits per heavy atom. The minimum Gasteiger partial charge on any atom is -0.355 e. The second-order valence-corrected chi connectivity index (χ2v) is 9.83. The molecule has 32 heavy (non-hydrogen) atoms. The molecule has 2 aliphatic rings. The average molecular weight is 454 g/mol. The van der Waals surface area contributed by atoms with Crippen LogP contribution in [-0.2, 0) is 4.79 Å². The Morgan fingerprint density at radius 3 is 2.56 bits per heavy atom. The Bertz CT molecular complexity index is 904. The maximum Gasteiger partial charge on any atom is 0.254 e. The SMILES string of the molecule is CCN(CC)CCCNC(=O)[C@@H]1c2ccccc2C(=O)N(C2CCCC2)[C@H]1c1cccs1. The monoisotopic (exact) mass is 453 g/mol. The lowest BCUT2D eigenvalue weighted by Crippen LogP contribution is -2.50. The van der Waals surface area contributed by atoms with Gasteiger partial charge in [-0.15, -0.1) is 11.3 Å². The summed E-state index contributed by atoms with van der Waals surface area (Å²) in [5, 5.41) is 5.26. The molecule has 172 valence electrons. The summed E-state index contributed by atoms with van der Waals surface area (Å²) in [7, 11) is 0. The molecule has 1 aromatic heterocycles. The van der Waals surface area contributed by atoms with Crippen molar-refractivity contribution in [2.45, 2.75) is 64.0 Å². The van der Waals surface area contributed by atoms with Crippen LogP contribution in [0.5, 0.6) is 0 Å². The van der Waals surface area contributed by atoms with Crippen LogP contribution in [0.15, 0.2) is 41.8 Å². The van der Waals surface area contributed by atoms with E-state index in [9.17, 15) is 9.59 Å². The van der Waals surface area contributed by atoms with Crippen molar-refractivity contribution < 1.29 is 9.59 Å². The van der Waals surface area contributed by atoms with Crippen LogP contribution in [-0.4, -0.2) is 53.8 Å². The van der Waals surface area contributed by atoms with E-state index in [1.54, 1.807) is 11.3 Å². The number of fused-ring (bicyclic) bond motifs is 1. The lowest BCUT2D eigenvalue weighted by atomic mass is 9.80. The number of amides is 2. The molecule has 1 N–H and O–H groups in total. The first-order valence-corrected chi connectivity index (χ1v) is 13.0. The van der Waals surface area contributed by atoms with Crippen LogP contribution in [0.25, 0.3) is 0 Å². The zero-order valence-corrected chi connectivity index (χ0v) is 20.1. The first kappa shape index (κ1) is 23.0. The third-order valence-corrected chi connectivity index (χ3v) is 8.00. The van der Waals surface area contributed by atoms with Crippen LogP contribution < -0.4 is 5.32 Å². The third-order valence-electron chi connectivity index (χ3n) is 7.06. The Balaban J connectivity index is 1.63. The fourth-order valence-corrected chi connectivity index (χ4v) is 6.20. The molecule has 2 atom stereocenters. The van der Waals surface area contributed by atoms with Gasteiger partial charge < -0.3 is 15.1 Å². The van der Waals surface area contributed by atoms with Crippen molar-refractivity contribution in [3.63, 3.8) is 0 Å². The molecular formula is C26H35N3O2S. The first-order chi connectivity index (χ1) is 15.7. The summed E-state index contributed by atoms with van der Waals surface area (Å²) in [6.07, 6.45) is 5.27. The van der Waals surface area contributed by atoms with Gasteiger partial charge in [-0.25, -0.2) is 0 Å². The predicted molar refractivity (Wildman–Crippen MR) is 130 cm³/mol. The average Bonchev–Trinajstić information content (AvgIpc) is 3.53. The number of rotatable bonds is 9. The van der Waals surface area contributed by atoms with E-state index in [1.165, 1.54) is 0 Å². The van der Waals surface area contributed by atoms with Gasteiger partial charge in [0.05, 0.1) is 12.0 Å². The first-order valence-electron chi connectivity index (χ1n) is 12.1. The molecule has 2 amide bonds. The Labute approximate surface area is 195 Å². The smallest absolute Gasteiger partial charge is 0.254 e. The van der Waals surface area contributed by atoms with Crippen molar-refractivity contribution >= 4 is 23.2 Å². The molecule has 0 unspecified atom stereocenters. The highest BCUT2D eigenvalue weighted by molar-refractivity contribution is 7.10. The fourth-order valence-electron chi connectivity index (χ4n) is 5.34. The summed E-state index contributed by atoms with van der Waals surface area (Å²) in [5.74, 6) is -0.265. The van der Waals surface area contributed by atoms with Gasteiger partial charge in [-0.3, -0.25) is 9.59 Å². The van der Waals surface area contributed by atoms with Crippen LogP contribution in [0.1, 0.15) is 78.7 Å². The van der Waals surface area contributed by atoms with E-state index in [0.717, 1.165) is 62.2 Å². The largest absolute Gasteiger partial charge is 0.355 e. The van der Waals surface area contributed by atoms with E-state index in [0.29, 0.717) is 12.1 Å². The number of benzene rings is 1. The molecular weight excluding hydrogens is 418 g/mol. The molecule has 6 heteroatoms. The van der Waals surface area contributed by atoms with Gasteiger partial charge in [0.15, 0.2) is 0 Å². The zero-order valence-electron chi connectivity index (χ0n) is 19.3. The summed E-state index contributed by atoms with van der Waals surface area (Å²) in [4.78, 5) is 32.9. The van der Waals surface area contributed by atoms with E-state index in [-0.39, 0.29) is 29.8 Å². The predicted octanol–water partition coefficient (Wildman–Crippen LogP) is 4.82. The number of nitrogens with one attached hydrogen (secondary N) is 1. The molecule has 2 heterocycles. The second-order valence-electron chi connectivity index (χ2n) is 8.85. The number of hydrogen-bond donors (Lipinski definition) is 1. The van der Waals surface area contributed by atoms with Gasteiger partial charge in [0.25, 0.3) is 5.91 Å². The third kappa shape index (κ3) is 4.62. The zero-order chi connectivity index (χ0) is 22.5. The van der Waals surface area contributed by atoms with Gasteiger partial charge in [0.2, 0.25) is 5.91 Å². The van der Waals surface area contributed by atoms with Gasteiger partial charge in [-0.1, -0.05) is 51.0 Å². The van der Waals surface area contributed by atoms with Crippen molar-refractivity contribution in [3.8, 4) is 0 Å². The molecule has 1 aliphatic heterocycles. The standard InChI is InChI=1S/C26H35N3O2S/c1-3-28(4-2)17-10-16-27-25(30)23-20-13-7-8-14-21(20)26(31)29(19-11-5-6-12-19)24(23)22-15-9-18-32-22/h7-9,13-15,18-19,23-24H,3-6,10-12,16-17H2,1-2H3,(H,27,30)/t23-,24+/m1/s1. The van der Waals surface area contributed by atoms with Crippen molar-refractivity contribution in [2.24, 2.45) is 0 Å². The molecule has 4 rings (SSSR count). The summed E-state index contributed by atoms with van der Waals surface area (Å²) >= 11 is 1.65. The van der Waals surface area contributed by atoms with Crippen LogP contribution in [0.3, 0.4) is 0 Å². The molecule has 5 nitrogen and oxygen atoms in total. The van der Waals surface area contributed by atoms with Crippen LogP contribution in [0, 0.1) is 0 Å².